The van der Waals surface area contributed by atoms with Crippen molar-refractivity contribution < 1.29 is 18.7 Å². The Morgan fingerprint density at radius 3 is 2.42 bits per heavy atom. The van der Waals surface area contributed by atoms with Crippen LogP contribution >= 0.6 is 15.9 Å². The second kappa shape index (κ2) is 10.5. The van der Waals surface area contributed by atoms with Gasteiger partial charge in [-0.3, -0.25) is 9.59 Å². The van der Waals surface area contributed by atoms with Crippen LogP contribution in [-0.2, 0) is 11.4 Å². The van der Waals surface area contributed by atoms with Gasteiger partial charge in [-0.15, -0.1) is 0 Å². The average Bonchev–Trinajstić information content (AvgIpc) is 2.74. The van der Waals surface area contributed by atoms with E-state index >= 15 is 0 Å². The molecule has 3 aromatic rings. The van der Waals surface area contributed by atoms with Crippen molar-refractivity contribution in [3.8, 4) is 5.75 Å². The zero-order chi connectivity index (χ0) is 22.2. The van der Waals surface area contributed by atoms with Crippen molar-refractivity contribution in [2.24, 2.45) is 5.10 Å². The number of carbonyl (C=O) groups excluding carboxylic acids is 2. The lowest BCUT2D eigenvalue weighted by molar-refractivity contribution is -0.114. The highest BCUT2D eigenvalue weighted by Gasteiger charge is 2.06. The summed E-state index contributed by atoms with van der Waals surface area (Å²) in [5.41, 5.74) is 5.09. The quantitative estimate of drug-likeness (QED) is 0.370. The van der Waals surface area contributed by atoms with Crippen molar-refractivity contribution in [1.82, 2.24) is 5.43 Å². The lowest BCUT2D eigenvalue weighted by atomic mass is 10.2. The molecule has 8 heteroatoms. The van der Waals surface area contributed by atoms with E-state index < -0.39 is 0 Å². The van der Waals surface area contributed by atoms with Crippen LogP contribution in [0.2, 0.25) is 0 Å². The van der Waals surface area contributed by atoms with Gasteiger partial charge < -0.3 is 10.1 Å². The maximum absolute atomic E-state index is 13.0. The monoisotopic (exact) mass is 483 g/mol. The van der Waals surface area contributed by atoms with Crippen LogP contribution in [0.15, 0.2) is 76.3 Å². The molecule has 6 nitrogen and oxygen atoms in total. The summed E-state index contributed by atoms with van der Waals surface area (Å²) in [6, 6.07) is 18.0. The summed E-state index contributed by atoms with van der Waals surface area (Å²) in [4.78, 5) is 23.2. The third kappa shape index (κ3) is 6.75. The summed E-state index contributed by atoms with van der Waals surface area (Å²) in [6.45, 7) is 1.72. The van der Waals surface area contributed by atoms with Gasteiger partial charge in [-0.1, -0.05) is 12.1 Å². The molecule has 158 valence electrons. The van der Waals surface area contributed by atoms with E-state index in [1.165, 1.54) is 25.3 Å². The number of rotatable bonds is 7. The van der Waals surface area contributed by atoms with E-state index in [4.69, 9.17) is 4.74 Å². The number of anilines is 1. The molecule has 0 saturated heterocycles. The van der Waals surface area contributed by atoms with Gasteiger partial charge in [0.1, 0.15) is 18.2 Å². The Hall–Kier alpha value is -3.52. The van der Waals surface area contributed by atoms with Crippen LogP contribution in [-0.4, -0.2) is 18.0 Å². The second-order valence-electron chi connectivity index (χ2n) is 6.56. The Morgan fingerprint density at radius 2 is 1.77 bits per heavy atom. The Balaban J connectivity index is 1.54. The van der Waals surface area contributed by atoms with Crippen LogP contribution in [0.4, 0.5) is 10.1 Å². The maximum Gasteiger partial charge on any atom is 0.271 e. The van der Waals surface area contributed by atoms with E-state index in [0.29, 0.717) is 23.6 Å². The van der Waals surface area contributed by atoms with Crippen molar-refractivity contribution in [3.05, 3.63) is 93.7 Å². The number of benzene rings is 3. The number of ether oxygens (including phenoxy) is 1. The van der Waals surface area contributed by atoms with Gasteiger partial charge in [0.05, 0.1) is 10.7 Å². The summed E-state index contributed by atoms with van der Waals surface area (Å²) in [7, 11) is 0. The van der Waals surface area contributed by atoms with Gasteiger partial charge >= 0.3 is 0 Å². The Bertz CT molecular complexity index is 1100. The van der Waals surface area contributed by atoms with Gasteiger partial charge in [-0.05, 0) is 81.7 Å². The van der Waals surface area contributed by atoms with Crippen molar-refractivity contribution >= 4 is 39.6 Å². The number of hydrazone groups is 1. The van der Waals surface area contributed by atoms with E-state index in [-0.39, 0.29) is 17.6 Å². The largest absolute Gasteiger partial charge is 0.488 e. The van der Waals surface area contributed by atoms with Crippen molar-refractivity contribution in [2.45, 2.75) is 13.5 Å². The van der Waals surface area contributed by atoms with E-state index in [2.05, 4.69) is 31.8 Å². The van der Waals surface area contributed by atoms with Gasteiger partial charge in [-0.2, -0.15) is 5.10 Å². The molecule has 3 aromatic carbocycles. The van der Waals surface area contributed by atoms with Gasteiger partial charge in [0.25, 0.3) is 5.91 Å². The molecule has 0 radical (unpaired) electrons. The minimum Gasteiger partial charge on any atom is -0.488 e. The second-order valence-corrected chi connectivity index (χ2v) is 7.42. The zero-order valence-corrected chi connectivity index (χ0v) is 18.1. The molecule has 0 aliphatic rings. The summed E-state index contributed by atoms with van der Waals surface area (Å²) >= 11 is 3.45. The minimum absolute atomic E-state index is 0.181. The molecule has 0 aliphatic carbocycles. The minimum atomic E-state index is -0.371. The summed E-state index contributed by atoms with van der Waals surface area (Å²) in [5.74, 6) is -0.212. The molecule has 2 amide bonds. The molecule has 0 aliphatic heterocycles. The molecule has 0 atom stereocenters. The van der Waals surface area contributed by atoms with Crippen LogP contribution in [0.1, 0.15) is 28.4 Å². The van der Waals surface area contributed by atoms with Crippen LogP contribution in [0.25, 0.3) is 0 Å². The molecule has 0 unspecified atom stereocenters. The predicted octanol–water partition coefficient (Wildman–Crippen LogP) is 4.89. The molecule has 3 rings (SSSR count). The molecule has 0 saturated carbocycles. The standard InChI is InChI=1S/C23H19BrFN3O3/c1-15(29)27-20-9-5-18(6-10-20)23(30)28-26-13-17-4-11-22(21(24)12-17)31-14-16-2-7-19(25)8-3-16/h2-13H,14H2,1H3,(H,27,29)(H,28,30). The molecule has 31 heavy (non-hydrogen) atoms. The molecule has 0 fully saturated rings. The number of hydrogen-bond donors (Lipinski definition) is 2. The molecule has 0 bridgehead atoms. The highest BCUT2D eigenvalue weighted by atomic mass is 79.9. The topological polar surface area (TPSA) is 79.8 Å². The van der Waals surface area contributed by atoms with E-state index in [9.17, 15) is 14.0 Å². The van der Waals surface area contributed by atoms with Gasteiger partial charge in [0.15, 0.2) is 0 Å². The van der Waals surface area contributed by atoms with Crippen molar-refractivity contribution in [3.63, 3.8) is 0 Å². The third-order valence-corrected chi connectivity index (χ3v) is 4.73. The molecular weight excluding hydrogens is 465 g/mol. The normalized spacial score (nSPS) is 10.7. The number of carbonyl (C=O) groups is 2. The number of nitrogens with one attached hydrogen (secondary N) is 2. The Kier molecular flexibility index (Phi) is 7.50. The molecule has 0 aromatic heterocycles. The fourth-order valence-electron chi connectivity index (χ4n) is 2.59. The highest BCUT2D eigenvalue weighted by Crippen LogP contribution is 2.26. The lowest BCUT2D eigenvalue weighted by Gasteiger charge is -2.09. The van der Waals surface area contributed by atoms with Crippen molar-refractivity contribution in [1.29, 1.82) is 0 Å². The number of halogens is 2. The first-order valence-electron chi connectivity index (χ1n) is 9.28. The number of hydrogen-bond acceptors (Lipinski definition) is 4. The van der Waals surface area contributed by atoms with E-state index in [1.807, 2.05) is 0 Å². The third-order valence-electron chi connectivity index (χ3n) is 4.11. The molecule has 2 N–H and O–H groups in total. The fourth-order valence-corrected chi connectivity index (χ4v) is 3.11. The first kappa shape index (κ1) is 22.2. The first-order valence-corrected chi connectivity index (χ1v) is 10.1. The van der Waals surface area contributed by atoms with Crippen LogP contribution in [0, 0.1) is 5.82 Å². The van der Waals surface area contributed by atoms with Crippen LogP contribution < -0.4 is 15.5 Å². The predicted molar refractivity (Wildman–Crippen MR) is 121 cm³/mol. The molecule has 0 spiro atoms. The van der Waals surface area contributed by atoms with E-state index in [0.717, 1.165) is 15.6 Å². The zero-order valence-electron chi connectivity index (χ0n) is 16.6. The Morgan fingerprint density at radius 1 is 1.06 bits per heavy atom. The van der Waals surface area contributed by atoms with Crippen molar-refractivity contribution in [2.75, 3.05) is 5.32 Å². The maximum atomic E-state index is 13.0. The van der Waals surface area contributed by atoms with Gasteiger partial charge in [0, 0.05) is 18.2 Å². The highest BCUT2D eigenvalue weighted by molar-refractivity contribution is 9.10. The van der Waals surface area contributed by atoms with Crippen LogP contribution in [0.3, 0.4) is 0 Å². The van der Waals surface area contributed by atoms with Crippen LogP contribution in [0.5, 0.6) is 5.75 Å². The summed E-state index contributed by atoms with van der Waals surface area (Å²) in [5, 5.41) is 6.61. The van der Waals surface area contributed by atoms with E-state index in [1.54, 1.807) is 54.6 Å². The lowest BCUT2D eigenvalue weighted by Crippen LogP contribution is -2.17. The number of amides is 2. The first-order chi connectivity index (χ1) is 14.9. The number of nitrogens with zero attached hydrogens (tertiary/aromatic N) is 1. The van der Waals surface area contributed by atoms with Gasteiger partial charge in [0.2, 0.25) is 5.91 Å². The van der Waals surface area contributed by atoms with Gasteiger partial charge in [-0.25, -0.2) is 9.82 Å². The fraction of sp³-hybridized carbons (Fsp3) is 0.0870. The summed E-state index contributed by atoms with van der Waals surface area (Å²) < 4.78 is 19.4. The Labute approximate surface area is 187 Å². The molecule has 0 heterocycles. The summed E-state index contributed by atoms with van der Waals surface area (Å²) in [6.07, 6.45) is 1.51. The SMILES string of the molecule is CC(=O)Nc1ccc(C(=O)NN=Cc2ccc(OCc3ccc(F)cc3)c(Br)c2)cc1. The average molecular weight is 484 g/mol. The smallest absolute Gasteiger partial charge is 0.271 e. The molecular formula is C23H19BrFN3O3.